The lowest BCUT2D eigenvalue weighted by molar-refractivity contribution is 0.224. The fourth-order valence-electron chi connectivity index (χ4n) is 1.42. The highest BCUT2D eigenvalue weighted by atomic mass is 32.1. The van der Waals surface area contributed by atoms with Crippen molar-refractivity contribution in [2.75, 3.05) is 40.3 Å². The average molecular weight is 231 g/mol. The van der Waals surface area contributed by atoms with Crippen LogP contribution in [0.1, 0.15) is 20.3 Å². The smallest absolute Gasteiger partial charge is 0.0740 e. The molecule has 0 fully saturated rings. The Morgan fingerprint density at radius 1 is 1.20 bits per heavy atom. The first kappa shape index (κ1) is 14.8. The van der Waals surface area contributed by atoms with Crippen LogP contribution in [-0.4, -0.2) is 55.1 Å². The largest absolute Gasteiger partial charge is 0.393 e. The fraction of sp³-hybridized carbons (Fsp3) is 0.909. The van der Waals surface area contributed by atoms with Crippen LogP contribution in [0, 0.1) is 5.92 Å². The summed E-state index contributed by atoms with van der Waals surface area (Å²) < 4.78 is 0. The summed E-state index contributed by atoms with van der Waals surface area (Å²) in [4.78, 5) is 5.26. The molecule has 0 aliphatic heterocycles. The van der Waals surface area contributed by atoms with Gasteiger partial charge in [0.25, 0.3) is 0 Å². The van der Waals surface area contributed by atoms with Gasteiger partial charge in [0.2, 0.25) is 0 Å². The third-order valence-electron chi connectivity index (χ3n) is 2.16. The summed E-state index contributed by atoms with van der Waals surface area (Å²) >= 11 is 4.90. The van der Waals surface area contributed by atoms with Crippen LogP contribution in [0.15, 0.2) is 0 Å². The standard InChI is InChI=1S/C11H25N3S/c1-10(2)9-14(6-5-11(12)15)8-7-13(3)4/h10H,5-9H2,1-4H3,(H2,12,15). The predicted octanol–water partition coefficient (Wildman–Crippen LogP) is 1.18. The molecule has 0 saturated heterocycles. The number of hydrogen-bond donors (Lipinski definition) is 1. The van der Waals surface area contributed by atoms with Crippen LogP contribution in [0.5, 0.6) is 0 Å². The number of rotatable bonds is 8. The zero-order valence-electron chi connectivity index (χ0n) is 10.5. The zero-order chi connectivity index (χ0) is 11.8. The molecule has 90 valence electrons. The monoisotopic (exact) mass is 231 g/mol. The van der Waals surface area contributed by atoms with Gasteiger partial charge in [-0.3, -0.25) is 0 Å². The van der Waals surface area contributed by atoms with Crippen molar-refractivity contribution in [3.05, 3.63) is 0 Å². The van der Waals surface area contributed by atoms with Crippen molar-refractivity contribution in [1.29, 1.82) is 0 Å². The second kappa shape index (κ2) is 8.02. The summed E-state index contributed by atoms with van der Waals surface area (Å²) in [6.07, 6.45) is 0.829. The highest BCUT2D eigenvalue weighted by Crippen LogP contribution is 2.00. The van der Waals surface area contributed by atoms with Gasteiger partial charge in [-0.2, -0.15) is 0 Å². The maximum atomic E-state index is 5.52. The van der Waals surface area contributed by atoms with Crippen molar-refractivity contribution in [2.45, 2.75) is 20.3 Å². The maximum absolute atomic E-state index is 5.52. The van der Waals surface area contributed by atoms with Crippen LogP contribution in [0.2, 0.25) is 0 Å². The van der Waals surface area contributed by atoms with Gasteiger partial charge >= 0.3 is 0 Å². The fourth-order valence-corrected chi connectivity index (χ4v) is 1.51. The molecule has 0 rings (SSSR count). The summed E-state index contributed by atoms with van der Waals surface area (Å²) in [6.45, 7) is 8.77. The van der Waals surface area contributed by atoms with Crippen molar-refractivity contribution in [3.8, 4) is 0 Å². The summed E-state index contributed by atoms with van der Waals surface area (Å²) in [6, 6.07) is 0. The van der Waals surface area contributed by atoms with Gasteiger partial charge in [-0.05, 0) is 20.0 Å². The number of nitrogens with two attached hydrogens (primary N) is 1. The lowest BCUT2D eigenvalue weighted by atomic mass is 10.2. The van der Waals surface area contributed by atoms with Gasteiger partial charge < -0.3 is 15.5 Å². The van der Waals surface area contributed by atoms with Gasteiger partial charge in [0.15, 0.2) is 0 Å². The quantitative estimate of drug-likeness (QED) is 0.636. The van der Waals surface area contributed by atoms with Crippen LogP contribution < -0.4 is 5.73 Å². The number of likely N-dealkylation sites (N-methyl/N-ethyl adjacent to an activating group) is 1. The lowest BCUT2D eigenvalue weighted by Crippen LogP contribution is -2.36. The molecule has 0 spiro atoms. The van der Waals surface area contributed by atoms with Gasteiger partial charge in [-0.25, -0.2) is 0 Å². The molecule has 0 heterocycles. The van der Waals surface area contributed by atoms with Crippen LogP contribution in [-0.2, 0) is 0 Å². The van der Waals surface area contributed by atoms with E-state index in [4.69, 9.17) is 18.0 Å². The van der Waals surface area contributed by atoms with E-state index in [0.29, 0.717) is 10.9 Å². The molecule has 15 heavy (non-hydrogen) atoms. The van der Waals surface area contributed by atoms with E-state index >= 15 is 0 Å². The molecule has 0 bridgehead atoms. The molecule has 0 aliphatic rings. The van der Waals surface area contributed by atoms with E-state index in [9.17, 15) is 0 Å². The Morgan fingerprint density at radius 2 is 1.80 bits per heavy atom. The maximum Gasteiger partial charge on any atom is 0.0740 e. The molecule has 4 heteroatoms. The molecular formula is C11H25N3S. The molecule has 0 aromatic rings. The first-order valence-corrected chi connectivity index (χ1v) is 5.98. The minimum atomic E-state index is 0.619. The summed E-state index contributed by atoms with van der Waals surface area (Å²) in [5.41, 5.74) is 5.52. The topological polar surface area (TPSA) is 32.5 Å². The van der Waals surface area contributed by atoms with E-state index in [1.54, 1.807) is 0 Å². The molecule has 0 radical (unpaired) electrons. The number of thiocarbonyl (C=S) groups is 1. The van der Waals surface area contributed by atoms with E-state index in [1.165, 1.54) is 0 Å². The minimum Gasteiger partial charge on any atom is -0.393 e. The molecule has 2 N–H and O–H groups in total. The molecular weight excluding hydrogens is 206 g/mol. The van der Waals surface area contributed by atoms with Gasteiger partial charge in [0, 0.05) is 32.6 Å². The van der Waals surface area contributed by atoms with E-state index in [0.717, 1.165) is 32.6 Å². The van der Waals surface area contributed by atoms with E-state index in [1.807, 2.05) is 0 Å². The van der Waals surface area contributed by atoms with Crippen LogP contribution in [0.25, 0.3) is 0 Å². The normalized spacial score (nSPS) is 11.7. The zero-order valence-corrected chi connectivity index (χ0v) is 11.3. The third kappa shape index (κ3) is 10.1. The Morgan fingerprint density at radius 3 is 2.20 bits per heavy atom. The average Bonchev–Trinajstić information content (AvgIpc) is 2.08. The summed E-state index contributed by atoms with van der Waals surface area (Å²) in [5, 5.41) is 0. The molecule has 0 aromatic heterocycles. The molecule has 0 amide bonds. The third-order valence-corrected chi connectivity index (χ3v) is 2.37. The second-order valence-corrected chi connectivity index (χ2v) is 5.24. The van der Waals surface area contributed by atoms with Crippen LogP contribution >= 0.6 is 12.2 Å². The highest BCUT2D eigenvalue weighted by Gasteiger charge is 2.07. The predicted molar refractivity (Wildman–Crippen MR) is 71.2 cm³/mol. The van der Waals surface area contributed by atoms with Crippen molar-refractivity contribution < 1.29 is 0 Å². The van der Waals surface area contributed by atoms with Gasteiger partial charge in [0.05, 0.1) is 4.99 Å². The highest BCUT2D eigenvalue weighted by molar-refractivity contribution is 7.80. The first-order valence-electron chi connectivity index (χ1n) is 5.57. The Kier molecular flexibility index (Phi) is 7.92. The van der Waals surface area contributed by atoms with Crippen LogP contribution in [0.3, 0.4) is 0 Å². The van der Waals surface area contributed by atoms with E-state index in [2.05, 4.69) is 37.7 Å². The van der Waals surface area contributed by atoms with E-state index < -0.39 is 0 Å². The number of nitrogens with zero attached hydrogens (tertiary/aromatic N) is 2. The van der Waals surface area contributed by atoms with Gasteiger partial charge in [0.1, 0.15) is 0 Å². The molecule has 0 saturated carbocycles. The van der Waals surface area contributed by atoms with Gasteiger partial charge in [-0.15, -0.1) is 0 Å². The first-order chi connectivity index (χ1) is 6.91. The molecule has 0 atom stereocenters. The Hall–Kier alpha value is -0.190. The molecule has 3 nitrogen and oxygen atoms in total. The summed E-state index contributed by atoms with van der Waals surface area (Å²) in [5.74, 6) is 0.693. The van der Waals surface area contributed by atoms with Crippen LogP contribution in [0.4, 0.5) is 0 Å². The summed E-state index contributed by atoms with van der Waals surface area (Å²) in [7, 11) is 4.20. The van der Waals surface area contributed by atoms with Crippen molar-refractivity contribution >= 4 is 17.2 Å². The van der Waals surface area contributed by atoms with Crippen molar-refractivity contribution in [3.63, 3.8) is 0 Å². The van der Waals surface area contributed by atoms with E-state index in [-0.39, 0.29) is 0 Å². The second-order valence-electron chi connectivity index (χ2n) is 4.71. The Bertz CT molecular complexity index is 181. The Labute approximate surface area is 99.6 Å². The SMILES string of the molecule is CC(C)CN(CCC(N)=S)CCN(C)C. The molecule has 0 aromatic carbocycles. The lowest BCUT2D eigenvalue weighted by Gasteiger charge is -2.25. The van der Waals surface area contributed by atoms with Crippen molar-refractivity contribution in [1.82, 2.24) is 9.80 Å². The molecule has 0 unspecified atom stereocenters. The van der Waals surface area contributed by atoms with Crippen molar-refractivity contribution in [2.24, 2.45) is 11.7 Å². The Balaban J connectivity index is 3.89. The minimum absolute atomic E-state index is 0.619. The van der Waals surface area contributed by atoms with Gasteiger partial charge in [-0.1, -0.05) is 26.1 Å². The molecule has 0 aliphatic carbocycles. The number of hydrogen-bond acceptors (Lipinski definition) is 3.